The number of carbonyl (C=O) groups is 3. The van der Waals surface area contributed by atoms with Crippen LogP contribution in [0.1, 0.15) is 23.4 Å². The minimum atomic E-state index is -0.829. The molecular weight excluding hydrogens is 444 g/mol. The van der Waals surface area contributed by atoms with E-state index in [0.717, 1.165) is 20.8 Å². The van der Waals surface area contributed by atoms with E-state index in [0.29, 0.717) is 24.4 Å². The van der Waals surface area contributed by atoms with Crippen molar-refractivity contribution in [2.45, 2.75) is 26.2 Å². The molecule has 0 aliphatic heterocycles. The number of amides is 3. The van der Waals surface area contributed by atoms with Crippen LogP contribution < -0.4 is 20.7 Å². The van der Waals surface area contributed by atoms with E-state index in [1.807, 2.05) is 37.3 Å². The van der Waals surface area contributed by atoms with Gasteiger partial charge >= 0.3 is 12.0 Å². The molecule has 2 aromatic carbocycles. The van der Waals surface area contributed by atoms with Gasteiger partial charge in [0.05, 0.1) is 21.8 Å². The molecule has 0 saturated heterocycles. The Morgan fingerprint density at radius 1 is 1.03 bits per heavy atom. The normalized spacial score (nSPS) is 10.6. The van der Waals surface area contributed by atoms with Crippen molar-refractivity contribution in [1.82, 2.24) is 15.6 Å². The van der Waals surface area contributed by atoms with Gasteiger partial charge in [0.25, 0.3) is 0 Å². The Bertz CT molecular complexity index is 1110. The summed E-state index contributed by atoms with van der Waals surface area (Å²) in [6, 6.07) is 12.4. The van der Waals surface area contributed by atoms with Gasteiger partial charge in [-0.05, 0) is 49.2 Å². The molecular formula is C23H26N4O5S. The van der Waals surface area contributed by atoms with Crippen LogP contribution in [0.15, 0.2) is 42.5 Å². The maximum atomic E-state index is 12.1. The number of ether oxygens (including phenoxy) is 1. The standard InChI is InChI=1S/C23H26N4O5S/c1-15-26-19-8-5-17(14-20(19)33-15)27-21(28)10-11-24-23(31)25-12-13-32-18-6-2-16(3-7-18)4-9-22(29)30/h2-3,5-8,14H,4,9-13H2,1H3,(H,27,28)(H,29,30)(H2,24,25,31). The summed E-state index contributed by atoms with van der Waals surface area (Å²) < 4.78 is 6.56. The molecule has 0 unspecified atom stereocenters. The number of urea groups is 1. The van der Waals surface area contributed by atoms with E-state index in [1.54, 1.807) is 23.5 Å². The van der Waals surface area contributed by atoms with Crippen molar-refractivity contribution < 1.29 is 24.2 Å². The molecule has 174 valence electrons. The lowest BCUT2D eigenvalue weighted by molar-refractivity contribution is -0.137. The Morgan fingerprint density at radius 3 is 2.55 bits per heavy atom. The minimum absolute atomic E-state index is 0.0865. The lowest BCUT2D eigenvalue weighted by Crippen LogP contribution is -2.38. The number of carboxylic acid groups (broad SMARTS) is 1. The fourth-order valence-electron chi connectivity index (χ4n) is 3.03. The summed E-state index contributed by atoms with van der Waals surface area (Å²) in [5.74, 6) is -0.380. The molecule has 0 aliphatic rings. The first kappa shape index (κ1) is 24.0. The molecule has 10 heteroatoms. The van der Waals surface area contributed by atoms with Gasteiger partial charge < -0.3 is 25.8 Å². The average Bonchev–Trinajstić information content (AvgIpc) is 3.15. The van der Waals surface area contributed by atoms with Crippen LogP contribution >= 0.6 is 11.3 Å². The summed E-state index contributed by atoms with van der Waals surface area (Å²) in [5.41, 5.74) is 2.53. The van der Waals surface area contributed by atoms with Crippen molar-refractivity contribution in [2.75, 3.05) is 25.0 Å². The monoisotopic (exact) mass is 470 g/mol. The number of aliphatic carboxylic acids is 1. The van der Waals surface area contributed by atoms with Crippen molar-refractivity contribution in [2.24, 2.45) is 0 Å². The second-order valence-electron chi connectivity index (χ2n) is 7.28. The molecule has 0 saturated carbocycles. The maximum Gasteiger partial charge on any atom is 0.314 e. The van der Waals surface area contributed by atoms with Gasteiger partial charge in [0.2, 0.25) is 5.91 Å². The molecule has 0 bridgehead atoms. The molecule has 0 aliphatic carbocycles. The first-order valence-electron chi connectivity index (χ1n) is 10.5. The van der Waals surface area contributed by atoms with Crippen LogP contribution in [-0.4, -0.2) is 47.7 Å². The Hall–Kier alpha value is -3.66. The number of hydrogen-bond donors (Lipinski definition) is 4. The maximum absolute atomic E-state index is 12.1. The SMILES string of the molecule is Cc1nc2ccc(NC(=O)CCNC(=O)NCCOc3ccc(CCC(=O)O)cc3)cc2s1. The average molecular weight is 471 g/mol. The summed E-state index contributed by atoms with van der Waals surface area (Å²) in [5, 5.41) is 17.8. The second-order valence-corrected chi connectivity index (χ2v) is 8.52. The number of nitrogens with one attached hydrogen (secondary N) is 3. The van der Waals surface area contributed by atoms with Gasteiger partial charge in [0.15, 0.2) is 0 Å². The molecule has 33 heavy (non-hydrogen) atoms. The Labute approximate surface area is 195 Å². The van der Waals surface area contributed by atoms with Crippen molar-refractivity contribution in [3.8, 4) is 5.75 Å². The van der Waals surface area contributed by atoms with Gasteiger partial charge in [-0.2, -0.15) is 0 Å². The zero-order valence-corrected chi connectivity index (χ0v) is 19.0. The van der Waals surface area contributed by atoms with Gasteiger partial charge in [0, 0.05) is 25.1 Å². The van der Waals surface area contributed by atoms with Crippen LogP contribution in [0, 0.1) is 6.92 Å². The first-order chi connectivity index (χ1) is 15.9. The van der Waals surface area contributed by atoms with E-state index in [-0.39, 0.29) is 37.9 Å². The summed E-state index contributed by atoms with van der Waals surface area (Å²) >= 11 is 1.57. The lowest BCUT2D eigenvalue weighted by Gasteiger charge is -2.10. The molecule has 0 fully saturated rings. The van der Waals surface area contributed by atoms with Crippen LogP contribution in [-0.2, 0) is 16.0 Å². The van der Waals surface area contributed by atoms with Crippen molar-refractivity contribution >= 4 is 45.1 Å². The first-order valence-corrected chi connectivity index (χ1v) is 11.3. The van der Waals surface area contributed by atoms with E-state index >= 15 is 0 Å². The molecule has 0 radical (unpaired) electrons. The quantitative estimate of drug-likeness (QED) is 0.318. The van der Waals surface area contributed by atoms with Gasteiger partial charge in [0.1, 0.15) is 12.4 Å². The fraction of sp³-hybridized carbons (Fsp3) is 0.304. The number of benzene rings is 2. The highest BCUT2D eigenvalue weighted by Crippen LogP contribution is 2.24. The molecule has 0 atom stereocenters. The molecule has 0 spiro atoms. The molecule has 1 heterocycles. The van der Waals surface area contributed by atoms with Crippen LogP contribution in [0.4, 0.5) is 10.5 Å². The smallest absolute Gasteiger partial charge is 0.314 e. The molecule has 3 aromatic rings. The van der Waals surface area contributed by atoms with Gasteiger partial charge in [-0.3, -0.25) is 9.59 Å². The number of hydrogen-bond acceptors (Lipinski definition) is 6. The largest absolute Gasteiger partial charge is 0.492 e. The molecule has 3 rings (SSSR count). The van der Waals surface area contributed by atoms with E-state index < -0.39 is 5.97 Å². The predicted molar refractivity (Wildman–Crippen MR) is 127 cm³/mol. The van der Waals surface area contributed by atoms with E-state index in [1.165, 1.54) is 0 Å². The number of nitrogens with zero attached hydrogens (tertiary/aromatic N) is 1. The van der Waals surface area contributed by atoms with Crippen molar-refractivity contribution in [3.63, 3.8) is 0 Å². The predicted octanol–water partition coefficient (Wildman–Crippen LogP) is 3.33. The van der Waals surface area contributed by atoms with E-state index in [9.17, 15) is 14.4 Å². The molecule has 1 aromatic heterocycles. The molecule has 3 amide bonds. The Morgan fingerprint density at radius 2 is 1.79 bits per heavy atom. The number of fused-ring (bicyclic) bond motifs is 1. The Kier molecular flexibility index (Phi) is 8.59. The fourth-order valence-corrected chi connectivity index (χ4v) is 3.90. The van der Waals surface area contributed by atoms with Crippen molar-refractivity contribution in [1.29, 1.82) is 0 Å². The van der Waals surface area contributed by atoms with Gasteiger partial charge in [-0.25, -0.2) is 9.78 Å². The number of carboxylic acids is 1. The van der Waals surface area contributed by atoms with Gasteiger partial charge in [-0.1, -0.05) is 12.1 Å². The van der Waals surface area contributed by atoms with Gasteiger partial charge in [-0.15, -0.1) is 11.3 Å². The van der Waals surface area contributed by atoms with E-state index in [4.69, 9.17) is 9.84 Å². The lowest BCUT2D eigenvalue weighted by atomic mass is 10.1. The zero-order valence-electron chi connectivity index (χ0n) is 18.2. The summed E-state index contributed by atoms with van der Waals surface area (Å²) in [4.78, 5) is 38.9. The topological polar surface area (TPSA) is 130 Å². The highest BCUT2D eigenvalue weighted by atomic mass is 32.1. The van der Waals surface area contributed by atoms with Crippen LogP contribution in [0.5, 0.6) is 5.75 Å². The highest BCUT2D eigenvalue weighted by Gasteiger charge is 2.07. The number of aryl methyl sites for hydroxylation is 2. The molecule has 4 N–H and O–H groups in total. The number of carbonyl (C=O) groups excluding carboxylic acids is 2. The third-order valence-corrected chi connectivity index (χ3v) is 5.56. The highest BCUT2D eigenvalue weighted by molar-refractivity contribution is 7.18. The number of aromatic nitrogens is 1. The number of thiazole rings is 1. The third-order valence-electron chi connectivity index (χ3n) is 4.62. The van der Waals surface area contributed by atoms with E-state index in [2.05, 4.69) is 20.9 Å². The van der Waals surface area contributed by atoms with Crippen LogP contribution in [0.2, 0.25) is 0 Å². The third kappa shape index (κ3) is 8.08. The zero-order chi connectivity index (χ0) is 23.6. The summed E-state index contributed by atoms with van der Waals surface area (Å²) in [7, 11) is 0. The summed E-state index contributed by atoms with van der Waals surface area (Å²) in [6.07, 6.45) is 0.706. The molecule has 9 nitrogen and oxygen atoms in total. The number of anilines is 1. The Balaban J connectivity index is 1.27. The van der Waals surface area contributed by atoms with Crippen LogP contribution in [0.3, 0.4) is 0 Å². The van der Waals surface area contributed by atoms with Crippen LogP contribution in [0.25, 0.3) is 10.2 Å². The minimum Gasteiger partial charge on any atom is -0.492 e. The summed E-state index contributed by atoms with van der Waals surface area (Å²) in [6.45, 7) is 2.72. The number of rotatable bonds is 11. The van der Waals surface area contributed by atoms with Crippen molar-refractivity contribution in [3.05, 3.63) is 53.0 Å². The second kappa shape index (κ2) is 11.8.